The Balaban J connectivity index is 2.24. The van der Waals surface area contributed by atoms with E-state index in [4.69, 9.17) is 4.99 Å². The largest absolute Gasteiger partial charge is 0.416 e. The molecule has 0 aliphatic carbocycles. The summed E-state index contributed by atoms with van der Waals surface area (Å²) < 4.78 is 38.7. The number of hydrogen-bond acceptors (Lipinski definition) is 3. The Morgan fingerprint density at radius 1 is 1.25 bits per heavy atom. The number of nitrogens with zero attached hydrogens (tertiary/aromatic N) is 3. The van der Waals surface area contributed by atoms with Gasteiger partial charge in [0, 0.05) is 19.6 Å². The maximum absolute atomic E-state index is 12.9. The minimum absolute atomic E-state index is 0.113. The van der Waals surface area contributed by atoms with Crippen LogP contribution in [0.15, 0.2) is 29.3 Å². The summed E-state index contributed by atoms with van der Waals surface area (Å²) >= 11 is 0. The molecule has 1 saturated heterocycles. The van der Waals surface area contributed by atoms with Gasteiger partial charge in [0.1, 0.15) is 0 Å². The number of hydrogen-bond donors (Lipinski definition) is 2. The molecular weight excluding hydrogens is 369 g/mol. The van der Waals surface area contributed by atoms with E-state index in [2.05, 4.69) is 10.2 Å². The van der Waals surface area contributed by atoms with E-state index in [1.54, 1.807) is 12.1 Å². The van der Waals surface area contributed by atoms with Crippen molar-refractivity contribution in [3.63, 3.8) is 0 Å². The lowest BCUT2D eigenvalue weighted by Gasteiger charge is -2.30. The molecule has 2 rings (SSSR count). The number of β-amino-alcohol motifs (C(OH)–C–C–N with tert-alkyl or cyclic N) is 1. The fourth-order valence-corrected chi connectivity index (χ4v) is 3.52. The number of likely N-dealkylation sites (N-methyl/N-ethyl adjacent to an activating group) is 1. The molecule has 0 bridgehead atoms. The molecular formula is C20H31F3N4O. The Bertz CT molecular complexity index is 629. The molecule has 28 heavy (non-hydrogen) atoms. The molecule has 8 heteroatoms. The molecule has 1 aliphatic rings. The van der Waals surface area contributed by atoms with Crippen molar-refractivity contribution < 1.29 is 18.3 Å². The highest BCUT2D eigenvalue weighted by Crippen LogP contribution is 2.31. The molecule has 0 radical (unpaired) electrons. The third-order valence-corrected chi connectivity index (χ3v) is 5.09. The summed E-state index contributed by atoms with van der Waals surface area (Å²) in [6.07, 6.45) is -3.98. The molecule has 2 N–H and O–H groups in total. The predicted octanol–water partition coefficient (Wildman–Crippen LogP) is 3.12. The van der Waals surface area contributed by atoms with Crippen LogP contribution in [0.5, 0.6) is 0 Å². The van der Waals surface area contributed by atoms with E-state index in [1.165, 1.54) is 0 Å². The summed E-state index contributed by atoms with van der Waals surface area (Å²) in [7, 11) is 0. The zero-order valence-electron chi connectivity index (χ0n) is 16.8. The summed E-state index contributed by atoms with van der Waals surface area (Å²) in [4.78, 5) is 8.97. The second-order valence-corrected chi connectivity index (χ2v) is 6.94. The number of guanidine groups is 1. The van der Waals surface area contributed by atoms with E-state index in [9.17, 15) is 18.3 Å². The van der Waals surface area contributed by atoms with Crippen molar-refractivity contribution in [1.29, 1.82) is 0 Å². The van der Waals surface area contributed by atoms with Crippen molar-refractivity contribution in [2.45, 2.75) is 45.5 Å². The van der Waals surface area contributed by atoms with Gasteiger partial charge in [-0.05, 0) is 44.1 Å². The zero-order valence-corrected chi connectivity index (χ0v) is 16.8. The SMILES string of the molecule is CCNC(=NCC(c1ccc(C(F)(F)F)cc1)N(CC)CC)N1CC[C@@H](O)C1. The Hall–Kier alpha value is -1.80. The second kappa shape index (κ2) is 10.1. The Kier molecular flexibility index (Phi) is 8.12. The highest BCUT2D eigenvalue weighted by Gasteiger charge is 2.30. The monoisotopic (exact) mass is 400 g/mol. The number of benzene rings is 1. The lowest BCUT2D eigenvalue weighted by molar-refractivity contribution is -0.137. The van der Waals surface area contributed by atoms with Crippen molar-refractivity contribution >= 4 is 5.96 Å². The van der Waals surface area contributed by atoms with Gasteiger partial charge in [0.2, 0.25) is 0 Å². The van der Waals surface area contributed by atoms with Crippen molar-refractivity contribution in [1.82, 2.24) is 15.1 Å². The molecule has 0 saturated carbocycles. The lowest BCUT2D eigenvalue weighted by Crippen LogP contribution is -2.41. The number of aliphatic hydroxyl groups is 1. The molecule has 1 unspecified atom stereocenters. The van der Waals surface area contributed by atoms with Gasteiger partial charge in [-0.3, -0.25) is 9.89 Å². The number of rotatable bonds is 7. The molecule has 5 nitrogen and oxygen atoms in total. The van der Waals surface area contributed by atoms with E-state index in [1.807, 2.05) is 25.7 Å². The molecule has 1 aromatic rings. The smallest absolute Gasteiger partial charge is 0.391 e. The third kappa shape index (κ3) is 5.85. The van der Waals surface area contributed by atoms with E-state index < -0.39 is 11.7 Å². The average Bonchev–Trinajstić information content (AvgIpc) is 3.09. The van der Waals surface area contributed by atoms with Gasteiger partial charge in [-0.1, -0.05) is 26.0 Å². The van der Waals surface area contributed by atoms with Crippen molar-refractivity contribution in [3.8, 4) is 0 Å². The third-order valence-electron chi connectivity index (χ3n) is 5.09. The van der Waals surface area contributed by atoms with Crippen LogP contribution < -0.4 is 5.32 Å². The van der Waals surface area contributed by atoms with Crippen molar-refractivity contribution in [2.24, 2.45) is 4.99 Å². The number of halogens is 3. The van der Waals surface area contributed by atoms with Gasteiger partial charge in [-0.25, -0.2) is 0 Å². The van der Waals surface area contributed by atoms with E-state index in [0.717, 1.165) is 43.3 Å². The highest BCUT2D eigenvalue weighted by atomic mass is 19.4. The van der Waals surface area contributed by atoms with Crippen LogP contribution in [0.4, 0.5) is 13.2 Å². The van der Waals surface area contributed by atoms with Crippen LogP contribution in [0, 0.1) is 0 Å². The van der Waals surface area contributed by atoms with Crippen molar-refractivity contribution in [2.75, 3.05) is 39.3 Å². The summed E-state index contributed by atoms with van der Waals surface area (Å²) in [6.45, 7) is 10.0. The van der Waals surface area contributed by atoms with Crippen LogP contribution >= 0.6 is 0 Å². The maximum atomic E-state index is 12.9. The summed E-state index contributed by atoms with van der Waals surface area (Å²) in [6, 6.07) is 5.26. The minimum atomic E-state index is -4.34. The first kappa shape index (κ1) is 22.5. The van der Waals surface area contributed by atoms with E-state index >= 15 is 0 Å². The number of alkyl halides is 3. The molecule has 1 aromatic carbocycles. The lowest BCUT2D eigenvalue weighted by atomic mass is 10.0. The highest BCUT2D eigenvalue weighted by molar-refractivity contribution is 5.80. The van der Waals surface area contributed by atoms with Crippen LogP contribution in [0.3, 0.4) is 0 Å². The normalized spacial score (nSPS) is 19.4. The van der Waals surface area contributed by atoms with Gasteiger partial charge in [-0.15, -0.1) is 0 Å². The molecule has 2 atom stereocenters. The number of likely N-dealkylation sites (tertiary alicyclic amines) is 1. The second-order valence-electron chi connectivity index (χ2n) is 6.94. The first-order chi connectivity index (χ1) is 13.3. The summed E-state index contributed by atoms with van der Waals surface area (Å²) in [5.74, 6) is 0.739. The first-order valence-corrected chi connectivity index (χ1v) is 9.92. The van der Waals surface area contributed by atoms with Gasteiger partial charge in [0.15, 0.2) is 5.96 Å². The molecule has 1 heterocycles. The van der Waals surface area contributed by atoms with Gasteiger partial charge >= 0.3 is 6.18 Å². The molecule has 1 fully saturated rings. The quantitative estimate of drug-likeness (QED) is 0.546. The van der Waals surface area contributed by atoms with Crippen molar-refractivity contribution in [3.05, 3.63) is 35.4 Å². The minimum Gasteiger partial charge on any atom is -0.391 e. The Morgan fingerprint density at radius 2 is 1.89 bits per heavy atom. The fraction of sp³-hybridized carbons (Fsp3) is 0.650. The predicted molar refractivity (Wildman–Crippen MR) is 105 cm³/mol. The Morgan fingerprint density at radius 3 is 2.36 bits per heavy atom. The van der Waals surface area contributed by atoms with Gasteiger partial charge < -0.3 is 15.3 Å². The topological polar surface area (TPSA) is 51.1 Å². The molecule has 0 aromatic heterocycles. The average molecular weight is 400 g/mol. The molecule has 0 spiro atoms. The number of aliphatic hydroxyl groups excluding tert-OH is 1. The summed E-state index contributed by atoms with van der Waals surface area (Å²) in [5.41, 5.74) is 0.176. The van der Waals surface area contributed by atoms with Gasteiger partial charge in [0.05, 0.1) is 24.3 Å². The van der Waals surface area contributed by atoms with Crippen LogP contribution in [-0.2, 0) is 6.18 Å². The molecule has 158 valence electrons. The van der Waals surface area contributed by atoms with E-state index in [0.29, 0.717) is 26.1 Å². The van der Waals surface area contributed by atoms with Crippen LogP contribution in [0.25, 0.3) is 0 Å². The van der Waals surface area contributed by atoms with Crippen LogP contribution in [-0.4, -0.2) is 66.2 Å². The summed E-state index contributed by atoms with van der Waals surface area (Å²) in [5, 5.41) is 13.1. The first-order valence-electron chi connectivity index (χ1n) is 9.92. The van der Waals surface area contributed by atoms with Gasteiger partial charge in [0.25, 0.3) is 0 Å². The molecule has 0 amide bonds. The number of aliphatic imine (C=N–C) groups is 1. The van der Waals surface area contributed by atoms with E-state index in [-0.39, 0.29) is 12.1 Å². The fourth-order valence-electron chi connectivity index (χ4n) is 3.52. The Labute approximate surface area is 165 Å². The van der Waals surface area contributed by atoms with Crippen LogP contribution in [0.2, 0.25) is 0 Å². The van der Waals surface area contributed by atoms with Gasteiger partial charge in [-0.2, -0.15) is 13.2 Å². The maximum Gasteiger partial charge on any atom is 0.416 e. The molecule has 1 aliphatic heterocycles. The van der Waals surface area contributed by atoms with Crippen LogP contribution in [0.1, 0.15) is 44.4 Å². The standard InChI is InChI=1S/C20H31F3N4O/c1-4-24-19(27-12-11-17(28)14-27)25-13-18(26(5-2)6-3)15-7-9-16(10-8-15)20(21,22)23/h7-10,17-18,28H,4-6,11-14H2,1-3H3,(H,24,25)/t17-,18?/m1/s1. The zero-order chi connectivity index (χ0) is 20.7. The number of nitrogens with one attached hydrogen (secondary N) is 1.